The van der Waals surface area contributed by atoms with Crippen molar-refractivity contribution in [2.45, 2.75) is 28.6 Å². The highest BCUT2D eigenvalue weighted by Crippen LogP contribution is 2.50. The first kappa shape index (κ1) is 26.3. The summed E-state index contributed by atoms with van der Waals surface area (Å²) in [6.07, 6.45) is -0.0148. The molecule has 3 aliphatic heterocycles. The number of amides is 1. The zero-order valence-corrected chi connectivity index (χ0v) is 22.0. The maximum atomic E-state index is 15.3. The number of carbonyl (C=O) groups is 2. The fourth-order valence-electron chi connectivity index (χ4n) is 5.63. The van der Waals surface area contributed by atoms with Crippen LogP contribution in [0.2, 0.25) is 0 Å². The number of ether oxygens (including phenoxy) is 4. The Morgan fingerprint density at radius 2 is 2.00 bits per heavy atom. The van der Waals surface area contributed by atoms with Gasteiger partial charge in [-0.15, -0.1) is 11.8 Å². The zero-order chi connectivity index (χ0) is 28.0. The van der Waals surface area contributed by atoms with Crippen molar-refractivity contribution in [1.29, 1.82) is 0 Å². The Balaban J connectivity index is 1.58. The minimum Gasteiger partial charge on any atom is -0.451 e. The van der Waals surface area contributed by atoms with Crippen molar-refractivity contribution in [2.75, 3.05) is 33.7 Å². The Bertz CT molecular complexity index is 1570. The van der Waals surface area contributed by atoms with Crippen LogP contribution in [0.1, 0.15) is 39.1 Å². The fraction of sp³-hybridized carbons (Fsp3) is 0.333. The van der Waals surface area contributed by atoms with E-state index in [4.69, 9.17) is 14.2 Å². The molecule has 4 heterocycles. The number of rotatable bonds is 4. The van der Waals surface area contributed by atoms with Crippen LogP contribution in [0.5, 0.6) is 5.75 Å². The molecule has 3 atom stereocenters. The molecule has 0 radical (unpaired) electrons. The van der Waals surface area contributed by atoms with Gasteiger partial charge in [-0.2, -0.15) is 5.10 Å². The molecule has 0 spiro atoms. The van der Waals surface area contributed by atoms with E-state index in [1.165, 1.54) is 16.4 Å². The minimum atomic E-state index is -1.03. The van der Waals surface area contributed by atoms with E-state index in [0.717, 1.165) is 29.8 Å². The molecule has 1 fully saturated rings. The normalized spacial score (nSPS) is 21.3. The monoisotopic (exact) mass is 571 g/mol. The molecule has 13 heteroatoms. The average Bonchev–Trinajstić information content (AvgIpc) is 3.13. The van der Waals surface area contributed by atoms with Crippen molar-refractivity contribution in [3.63, 3.8) is 0 Å². The Morgan fingerprint density at radius 3 is 2.83 bits per heavy atom. The van der Waals surface area contributed by atoms with Crippen LogP contribution in [0, 0.1) is 11.6 Å². The number of halogens is 2. The van der Waals surface area contributed by atoms with Gasteiger partial charge < -0.3 is 23.8 Å². The Hall–Kier alpha value is -3.97. The number of nitrogens with zero attached hydrogens (tertiary/aromatic N) is 3. The highest BCUT2D eigenvalue weighted by atomic mass is 32.2. The molecule has 3 aliphatic rings. The lowest BCUT2D eigenvalue weighted by atomic mass is 9.78. The molecule has 10 nitrogen and oxygen atoms in total. The molecule has 1 aromatic heterocycles. The average molecular weight is 572 g/mol. The first-order valence-electron chi connectivity index (χ1n) is 12.4. The van der Waals surface area contributed by atoms with Gasteiger partial charge in [0.15, 0.2) is 17.3 Å². The van der Waals surface area contributed by atoms with Crippen molar-refractivity contribution < 1.29 is 37.3 Å². The standard InChI is InChI=1S/C27H23F2N3O7S/c1-36-27(35)39-13-38-25-19(33)10-30-32-23(18-11-37-9-8-31(18)26(34)24(25)32)21-14-6-7-17(28)22(29)16(14)12-40-20-5-3-2-4-15(20)21/h2-7,10,18,21,23H,8-9,11-13H2,1H3. The minimum absolute atomic E-state index is 0.136. The molecule has 40 heavy (non-hydrogen) atoms. The van der Waals surface area contributed by atoms with Crippen LogP contribution in [0.15, 0.2) is 52.3 Å². The van der Waals surface area contributed by atoms with Gasteiger partial charge in [0, 0.05) is 28.7 Å². The predicted molar refractivity (Wildman–Crippen MR) is 136 cm³/mol. The van der Waals surface area contributed by atoms with Crippen LogP contribution >= 0.6 is 11.8 Å². The van der Waals surface area contributed by atoms with Crippen molar-refractivity contribution in [1.82, 2.24) is 14.7 Å². The van der Waals surface area contributed by atoms with Crippen LogP contribution in [-0.2, 0) is 20.0 Å². The summed E-state index contributed by atoms with van der Waals surface area (Å²) >= 11 is 1.39. The molecular formula is C27H23F2N3O7S. The summed E-state index contributed by atoms with van der Waals surface area (Å²) in [6, 6.07) is 8.97. The predicted octanol–water partition coefficient (Wildman–Crippen LogP) is 3.47. The number of hydrogen-bond donors (Lipinski definition) is 0. The fourth-order valence-corrected chi connectivity index (χ4v) is 6.76. The zero-order valence-electron chi connectivity index (χ0n) is 21.2. The summed E-state index contributed by atoms with van der Waals surface area (Å²) in [5.41, 5.74) is 0.776. The number of carbonyl (C=O) groups excluding carboxylic acids is 2. The molecule has 2 aromatic carbocycles. The first-order valence-corrected chi connectivity index (χ1v) is 13.4. The van der Waals surface area contributed by atoms with Gasteiger partial charge in [-0.3, -0.25) is 9.59 Å². The van der Waals surface area contributed by atoms with Gasteiger partial charge in [0.05, 0.1) is 38.6 Å². The third-order valence-corrected chi connectivity index (χ3v) is 8.47. The van der Waals surface area contributed by atoms with E-state index >= 15 is 4.39 Å². The molecule has 0 saturated carbocycles. The molecule has 1 amide bonds. The van der Waals surface area contributed by atoms with E-state index in [1.807, 2.05) is 24.3 Å². The Morgan fingerprint density at radius 1 is 1.18 bits per heavy atom. The van der Waals surface area contributed by atoms with Crippen LogP contribution in [0.3, 0.4) is 0 Å². The number of aromatic nitrogens is 2. The largest absolute Gasteiger partial charge is 0.510 e. The highest BCUT2D eigenvalue weighted by Gasteiger charge is 2.49. The van der Waals surface area contributed by atoms with E-state index in [0.29, 0.717) is 5.56 Å². The van der Waals surface area contributed by atoms with Crippen molar-refractivity contribution in [3.05, 3.63) is 86.8 Å². The quantitative estimate of drug-likeness (QED) is 0.344. The summed E-state index contributed by atoms with van der Waals surface area (Å²) < 4.78 is 51.6. The van der Waals surface area contributed by atoms with Crippen LogP contribution < -0.4 is 10.2 Å². The number of fused-ring (bicyclic) bond motifs is 4. The lowest BCUT2D eigenvalue weighted by Gasteiger charge is -2.47. The molecule has 0 aliphatic carbocycles. The lowest BCUT2D eigenvalue weighted by molar-refractivity contribution is -0.0333. The molecule has 1 saturated heterocycles. The third kappa shape index (κ3) is 4.29. The van der Waals surface area contributed by atoms with Gasteiger partial charge in [0.25, 0.3) is 5.91 Å². The molecular weight excluding hydrogens is 548 g/mol. The maximum absolute atomic E-state index is 15.3. The molecule has 6 rings (SSSR count). The summed E-state index contributed by atoms with van der Waals surface area (Å²) in [5, 5.41) is 4.37. The van der Waals surface area contributed by atoms with Crippen LogP contribution in [0.4, 0.5) is 13.6 Å². The Kier molecular flexibility index (Phi) is 6.92. The van der Waals surface area contributed by atoms with E-state index in [1.54, 1.807) is 11.0 Å². The van der Waals surface area contributed by atoms with Crippen LogP contribution in [-0.4, -0.2) is 66.4 Å². The second kappa shape index (κ2) is 10.5. The van der Waals surface area contributed by atoms with E-state index in [9.17, 15) is 18.8 Å². The van der Waals surface area contributed by atoms with E-state index in [2.05, 4.69) is 9.84 Å². The van der Waals surface area contributed by atoms with Gasteiger partial charge in [0.1, 0.15) is 0 Å². The van der Waals surface area contributed by atoms with Gasteiger partial charge in [-0.05, 0) is 23.3 Å². The topological polar surface area (TPSA) is 109 Å². The summed E-state index contributed by atoms with van der Waals surface area (Å²) in [5.74, 6) is -3.14. The molecule has 208 valence electrons. The highest BCUT2D eigenvalue weighted by molar-refractivity contribution is 7.98. The van der Waals surface area contributed by atoms with Gasteiger partial charge in [0.2, 0.25) is 18.0 Å². The Labute approximate surface area is 230 Å². The second-order valence-corrected chi connectivity index (χ2v) is 10.4. The van der Waals surface area contributed by atoms with E-state index < -0.39 is 53.9 Å². The van der Waals surface area contributed by atoms with Gasteiger partial charge in [-0.25, -0.2) is 18.3 Å². The van der Waals surface area contributed by atoms with E-state index in [-0.39, 0.29) is 42.5 Å². The summed E-state index contributed by atoms with van der Waals surface area (Å²) in [6.45, 7) is -0.0146. The summed E-state index contributed by atoms with van der Waals surface area (Å²) in [7, 11) is 1.12. The van der Waals surface area contributed by atoms with Crippen LogP contribution in [0.25, 0.3) is 0 Å². The second-order valence-electron chi connectivity index (χ2n) is 9.36. The number of morpholine rings is 1. The third-order valence-electron chi connectivity index (χ3n) is 7.35. The van der Waals surface area contributed by atoms with Gasteiger partial charge in [-0.1, -0.05) is 24.3 Å². The van der Waals surface area contributed by atoms with Crippen molar-refractivity contribution >= 4 is 23.8 Å². The number of thioether (sulfide) groups is 1. The van der Waals surface area contributed by atoms with Crippen molar-refractivity contribution in [3.8, 4) is 5.75 Å². The molecule has 0 bridgehead atoms. The maximum Gasteiger partial charge on any atom is 0.510 e. The number of benzene rings is 2. The lowest BCUT2D eigenvalue weighted by Crippen LogP contribution is -2.59. The number of hydrogen-bond acceptors (Lipinski definition) is 9. The van der Waals surface area contributed by atoms with Gasteiger partial charge >= 0.3 is 6.16 Å². The SMILES string of the molecule is COC(=O)OCOc1c2n(ncc1=O)C(C1c3ccccc3SCc3c1ccc(F)c3F)C1COCCN1C2=O. The summed E-state index contributed by atoms with van der Waals surface area (Å²) in [4.78, 5) is 40.6. The first-order chi connectivity index (χ1) is 19.4. The molecule has 3 aromatic rings. The molecule has 0 N–H and O–H groups in total. The number of methoxy groups -OCH3 is 1. The smallest absolute Gasteiger partial charge is 0.451 e. The van der Waals surface area contributed by atoms with Crippen molar-refractivity contribution in [2.24, 2.45) is 0 Å². The molecule has 3 unspecified atom stereocenters.